The van der Waals surface area contributed by atoms with Crippen LogP contribution in [0.3, 0.4) is 0 Å². The van der Waals surface area contributed by atoms with Gasteiger partial charge in [0.15, 0.2) is 5.96 Å². The van der Waals surface area contributed by atoms with Crippen molar-refractivity contribution in [1.29, 1.82) is 0 Å². The van der Waals surface area contributed by atoms with Crippen LogP contribution in [0.25, 0.3) is 0 Å². The number of aliphatic imine (C=N–C) groups is 1. The van der Waals surface area contributed by atoms with E-state index >= 15 is 0 Å². The zero-order valence-corrected chi connectivity index (χ0v) is 13.9. The van der Waals surface area contributed by atoms with Crippen LogP contribution in [-0.4, -0.2) is 67.8 Å². The van der Waals surface area contributed by atoms with Crippen molar-refractivity contribution in [2.45, 2.75) is 25.9 Å². The molecule has 1 aromatic rings. The molecule has 1 aromatic heterocycles. The Labute approximate surface area is 138 Å². The van der Waals surface area contributed by atoms with Gasteiger partial charge < -0.3 is 19.9 Å². The first-order valence-electron chi connectivity index (χ1n) is 8.67. The Balaban J connectivity index is 1.55. The summed E-state index contributed by atoms with van der Waals surface area (Å²) in [6, 6.07) is 6.08. The summed E-state index contributed by atoms with van der Waals surface area (Å²) < 4.78 is 5.67. The molecule has 0 aliphatic carbocycles. The summed E-state index contributed by atoms with van der Waals surface area (Å²) in [4.78, 5) is 13.9. The smallest absolute Gasteiger partial charge is 0.194 e. The number of pyridine rings is 1. The van der Waals surface area contributed by atoms with E-state index in [9.17, 15) is 0 Å². The summed E-state index contributed by atoms with van der Waals surface area (Å²) in [6.07, 6.45) is 4.46. The highest BCUT2D eigenvalue weighted by Crippen LogP contribution is 2.14. The van der Waals surface area contributed by atoms with Gasteiger partial charge in [-0.1, -0.05) is 6.07 Å². The normalized spacial score (nSPS) is 22.5. The molecule has 126 valence electrons. The Hall–Kier alpha value is -1.82. The van der Waals surface area contributed by atoms with Gasteiger partial charge in [0.1, 0.15) is 5.82 Å². The van der Waals surface area contributed by atoms with Crippen molar-refractivity contribution in [2.24, 2.45) is 4.99 Å². The second-order valence-electron chi connectivity index (χ2n) is 5.99. The standard InChI is InChI=1S/C17H27N5O/c1-2-18-17(20-14-15-6-5-13-23-15)22-11-9-21(10-12-22)16-7-3-4-8-19-16/h3-4,7-8,15H,2,5-6,9-14H2,1H3,(H,18,20). The minimum Gasteiger partial charge on any atom is -0.376 e. The summed E-state index contributed by atoms with van der Waals surface area (Å²) in [5, 5.41) is 3.42. The molecular formula is C17H27N5O. The van der Waals surface area contributed by atoms with Crippen molar-refractivity contribution in [1.82, 2.24) is 15.2 Å². The highest BCUT2D eigenvalue weighted by molar-refractivity contribution is 5.80. The van der Waals surface area contributed by atoms with Gasteiger partial charge in [-0.25, -0.2) is 4.98 Å². The fourth-order valence-corrected chi connectivity index (χ4v) is 3.09. The maximum atomic E-state index is 5.67. The molecule has 0 amide bonds. The average molecular weight is 317 g/mol. The minimum atomic E-state index is 0.304. The lowest BCUT2D eigenvalue weighted by molar-refractivity contribution is 0.117. The van der Waals surface area contributed by atoms with Gasteiger partial charge in [-0.15, -0.1) is 0 Å². The number of nitrogens with one attached hydrogen (secondary N) is 1. The predicted octanol–water partition coefficient (Wildman–Crippen LogP) is 1.35. The lowest BCUT2D eigenvalue weighted by Crippen LogP contribution is -2.52. The third-order valence-corrected chi connectivity index (χ3v) is 4.36. The second-order valence-corrected chi connectivity index (χ2v) is 5.99. The van der Waals surface area contributed by atoms with Crippen LogP contribution in [0.2, 0.25) is 0 Å². The van der Waals surface area contributed by atoms with Crippen LogP contribution in [0.5, 0.6) is 0 Å². The fourth-order valence-electron chi connectivity index (χ4n) is 3.09. The zero-order valence-electron chi connectivity index (χ0n) is 13.9. The van der Waals surface area contributed by atoms with Crippen LogP contribution in [0, 0.1) is 0 Å². The fraction of sp³-hybridized carbons (Fsp3) is 0.647. The Morgan fingerprint density at radius 1 is 1.35 bits per heavy atom. The number of anilines is 1. The second kappa shape index (κ2) is 8.15. The minimum absolute atomic E-state index is 0.304. The molecule has 0 aromatic carbocycles. The van der Waals surface area contributed by atoms with Crippen molar-refractivity contribution < 1.29 is 4.74 Å². The van der Waals surface area contributed by atoms with Gasteiger partial charge in [0.25, 0.3) is 0 Å². The van der Waals surface area contributed by atoms with Crippen LogP contribution < -0.4 is 10.2 Å². The molecule has 0 saturated carbocycles. The number of piperazine rings is 1. The quantitative estimate of drug-likeness (QED) is 0.671. The Bertz CT molecular complexity index is 493. The first kappa shape index (κ1) is 16.1. The molecule has 0 spiro atoms. The molecule has 2 aliphatic rings. The van der Waals surface area contributed by atoms with E-state index in [1.165, 1.54) is 6.42 Å². The first-order valence-corrected chi connectivity index (χ1v) is 8.67. The summed E-state index contributed by atoms with van der Waals surface area (Å²) in [6.45, 7) is 8.55. The molecule has 3 heterocycles. The highest BCUT2D eigenvalue weighted by Gasteiger charge is 2.21. The van der Waals surface area contributed by atoms with E-state index in [4.69, 9.17) is 9.73 Å². The van der Waals surface area contributed by atoms with Crippen molar-refractivity contribution in [3.05, 3.63) is 24.4 Å². The summed E-state index contributed by atoms with van der Waals surface area (Å²) in [5.74, 6) is 2.08. The average Bonchev–Trinajstić information content (AvgIpc) is 3.13. The Morgan fingerprint density at radius 3 is 2.87 bits per heavy atom. The molecule has 23 heavy (non-hydrogen) atoms. The molecule has 2 aliphatic heterocycles. The van der Waals surface area contributed by atoms with Gasteiger partial charge in [0.2, 0.25) is 0 Å². The number of aromatic nitrogens is 1. The van der Waals surface area contributed by atoms with Crippen LogP contribution in [0.1, 0.15) is 19.8 Å². The first-order chi connectivity index (χ1) is 11.4. The van der Waals surface area contributed by atoms with Crippen molar-refractivity contribution in [3.63, 3.8) is 0 Å². The lowest BCUT2D eigenvalue weighted by Gasteiger charge is -2.37. The number of hydrogen-bond donors (Lipinski definition) is 1. The van der Waals surface area contributed by atoms with Gasteiger partial charge in [0, 0.05) is 45.5 Å². The van der Waals surface area contributed by atoms with E-state index in [-0.39, 0.29) is 0 Å². The number of rotatable bonds is 4. The highest BCUT2D eigenvalue weighted by atomic mass is 16.5. The molecule has 1 unspecified atom stereocenters. The van der Waals surface area contributed by atoms with Crippen molar-refractivity contribution in [3.8, 4) is 0 Å². The molecule has 6 nitrogen and oxygen atoms in total. The lowest BCUT2D eigenvalue weighted by atomic mass is 10.2. The van der Waals surface area contributed by atoms with Crippen LogP contribution in [-0.2, 0) is 4.74 Å². The maximum absolute atomic E-state index is 5.67. The predicted molar refractivity (Wildman–Crippen MR) is 93.0 cm³/mol. The number of guanidine groups is 1. The van der Waals surface area contributed by atoms with Crippen molar-refractivity contribution in [2.75, 3.05) is 50.8 Å². The van der Waals surface area contributed by atoms with Crippen LogP contribution in [0.15, 0.2) is 29.4 Å². The summed E-state index contributed by atoms with van der Waals surface area (Å²) >= 11 is 0. The monoisotopic (exact) mass is 317 g/mol. The van der Waals surface area contributed by atoms with E-state index in [2.05, 4.69) is 33.1 Å². The number of ether oxygens (including phenoxy) is 1. The van der Waals surface area contributed by atoms with E-state index in [0.717, 1.165) is 64.1 Å². The molecule has 1 atom stereocenters. The third kappa shape index (κ3) is 4.34. The van der Waals surface area contributed by atoms with E-state index in [0.29, 0.717) is 6.10 Å². The molecule has 2 fully saturated rings. The number of hydrogen-bond acceptors (Lipinski definition) is 4. The summed E-state index contributed by atoms with van der Waals surface area (Å²) in [7, 11) is 0. The molecule has 1 N–H and O–H groups in total. The van der Waals surface area contributed by atoms with Gasteiger partial charge in [-0.05, 0) is 31.9 Å². The van der Waals surface area contributed by atoms with Gasteiger partial charge >= 0.3 is 0 Å². The van der Waals surface area contributed by atoms with Gasteiger partial charge in [-0.2, -0.15) is 0 Å². The molecule has 6 heteroatoms. The maximum Gasteiger partial charge on any atom is 0.194 e. The Morgan fingerprint density at radius 2 is 2.22 bits per heavy atom. The van der Waals surface area contributed by atoms with Crippen LogP contribution >= 0.6 is 0 Å². The SMILES string of the molecule is CCNC(=NCC1CCCO1)N1CCN(c2ccccn2)CC1. The number of nitrogens with zero attached hydrogens (tertiary/aromatic N) is 4. The Kier molecular flexibility index (Phi) is 5.69. The summed E-state index contributed by atoms with van der Waals surface area (Å²) in [5.41, 5.74) is 0. The van der Waals surface area contributed by atoms with Crippen molar-refractivity contribution >= 4 is 11.8 Å². The molecular weight excluding hydrogens is 290 g/mol. The molecule has 0 bridgehead atoms. The van der Waals surface area contributed by atoms with Gasteiger partial charge in [-0.3, -0.25) is 4.99 Å². The van der Waals surface area contributed by atoms with Crippen LogP contribution in [0.4, 0.5) is 5.82 Å². The van der Waals surface area contributed by atoms with E-state index in [1.54, 1.807) is 0 Å². The topological polar surface area (TPSA) is 53.0 Å². The molecule has 0 radical (unpaired) electrons. The van der Waals surface area contributed by atoms with Gasteiger partial charge in [0.05, 0.1) is 12.6 Å². The zero-order chi connectivity index (χ0) is 15.9. The molecule has 2 saturated heterocycles. The molecule has 3 rings (SSSR count). The van der Waals surface area contributed by atoms with E-state index < -0.39 is 0 Å². The van der Waals surface area contributed by atoms with E-state index in [1.807, 2.05) is 18.3 Å². The third-order valence-electron chi connectivity index (χ3n) is 4.36. The largest absolute Gasteiger partial charge is 0.376 e.